The number of hydrogen-bond acceptors (Lipinski definition) is 5. The van der Waals surface area contributed by atoms with E-state index in [0.29, 0.717) is 4.47 Å². The van der Waals surface area contributed by atoms with Crippen molar-refractivity contribution in [3.63, 3.8) is 0 Å². The summed E-state index contributed by atoms with van der Waals surface area (Å²) >= 11 is 3.20. The number of sulfone groups is 1. The highest BCUT2D eigenvalue weighted by Crippen LogP contribution is 2.51. The molecule has 0 bridgehead atoms. The van der Waals surface area contributed by atoms with Gasteiger partial charge in [0.1, 0.15) is 17.4 Å². The lowest BCUT2D eigenvalue weighted by Crippen LogP contribution is -2.29. The van der Waals surface area contributed by atoms with Crippen LogP contribution >= 0.6 is 15.9 Å². The number of rotatable bonds is 4. The van der Waals surface area contributed by atoms with Gasteiger partial charge in [-0.1, -0.05) is 0 Å². The summed E-state index contributed by atoms with van der Waals surface area (Å²) in [6.45, 7) is 0. The number of fused-ring (bicyclic) bond motifs is 1. The molecule has 10 heteroatoms. The summed E-state index contributed by atoms with van der Waals surface area (Å²) in [4.78, 5) is 14.9. The van der Waals surface area contributed by atoms with Crippen molar-refractivity contribution < 1.29 is 31.8 Å². The number of alkyl halides is 2. The van der Waals surface area contributed by atoms with Gasteiger partial charge in [0.25, 0.3) is 5.92 Å². The van der Waals surface area contributed by atoms with Crippen LogP contribution in [0.15, 0.2) is 40.0 Å². The van der Waals surface area contributed by atoms with Gasteiger partial charge >= 0.3 is 5.97 Å². The van der Waals surface area contributed by atoms with Crippen LogP contribution in [0.1, 0.15) is 17.0 Å². The summed E-state index contributed by atoms with van der Waals surface area (Å²) in [5.74, 6) is -7.49. The second-order valence-electron chi connectivity index (χ2n) is 5.88. The Morgan fingerprint density at radius 2 is 2.08 bits per heavy atom. The molecule has 0 amide bonds. The molecule has 1 aliphatic carbocycles. The van der Waals surface area contributed by atoms with E-state index in [1.807, 2.05) is 0 Å². The Morgan fingerprint density at radius 1 is 1.38 bits per heavy atom. The topological polar surface area (TPSA) is 93.6 Å². The van der Waals surface area contributed by atoms with Crippen LogP contribution in [0.25, 0.3) is 0 Å². The molecule has 6 nitrogen and oxygen atoms in total. The number of hydrogen-bond donors (Lipinski definition) is 1. The van der Waals surface area contributed by atoms with Gasteiger partial charge in [0.2, 0.25) is 0 Å². The molecule has 0 radical (unpaired) electrons. The van der Waals surface area contributed by atoms with Crippen LogP contribution in [-0.4, -0.2) is 36.7 Å². The first-order valence-corrected chi connectivity index (χ1v) is 9.94. The molecule has 1 aromatic carbocycles. The second-order valence-corrected chi connectivity index (χ2v) is 8.78. The molecule has 0 saturated carbocycles. The number of nitrogens with zero attached hydrogens (tertiary/aromatic N) is 1. The minimum Gasteiger partial charge on any atom is -0.481 e. The van der Waals surface area contributed by atoms with E-state index in [2.05, 4.69) is 20.9 Å². The average Bonchev–Trinajstić information content (AvgIpc) is 2.77. The summed E-state index contributed by atoms with van der Waals surface area (Å²) < 4.78 is 58.9. The third-order valence-electron chi connectivity index (χ3n) is 3.95. The number of pyridine rings is 1. The number of halogens is 3. The van der Waals surface area contributed by atoms with Gasteiger partial charge in [-0.25, -0.2) is 17.2 Å². The van der Waals surface area contributed by atoms with Crippen LogP contribution in [0.5, 0.6) is 11.5 Å². The molecule has 1 heterocycles. The zero-order chi connectivity index (χ0) is 19.3. The lowest BCUT2D eigenvalue weighted by atomic mass is 9.99. The summed E-state index contributed by atoms with van der Waals surface area (Å²) in [5, 5.41) is 9.27. The minimum absolute atomic E-state index is 0.0317. The van der Waals surface area contributed by atoms with Crippen molar-refractivity contribution in [2.45, 2.75) is 23.2 Å². The molecule has 1 aliphatic rings. The van der Waals surface area contributed by atoms with E-state index < -0.39 is 44.5 Å². The Labute approximate surface area is 155 Å². The first-order chi connectivity index (χ1) is 12.0. The highest BCUT2D eigenvalue weighted by atomic mass is 79.9. The van der Waals surface area contributed by atoms with E-state index in [4.69, 9.17) is 4.74 Å². The average molecular weight is 448 g/mol. The molecule has 0 aliphatic heterocycles. The molecule has 2 aromatic rings. The molecule has 0 spiro atoms. The Balaban J connectivity index is 2.21. The number of aliphatic carboxylic acids is 1. The summed E-state index contributed by atoms with van der Waals surface area (Å²) in [6.07, 6.45) is 2.76. The first-order valence-electron chi connectivity index (χ1n) is 7.25. The van der Waals surface area contributed by atoms with Crippen LogP contribution in [-0.2, 0) is 21.1 Å². The molecule has 1 N–H and O–H groups in total. The standard InChI is InChI=1S/C16H12BrF2NO5S/c1-26(23,24)12-3-2-11(25-9-4-8(17)6-20-7-9)10-5-16(18,19)14(13(10)12)15(21)22/h2-4,6-7,14H,5H2,1H3,(H,21,22)/t14-/m0/s1. The Hall–Kier alpha value is -2.07. The van der Waals surface area contributed by atoms with E-state index in [9.17, 15) is 27.1 Å². The molecule has 138 valence electrons. The number of carbonyl (C=O) groups is 1. The van der Waals surface area contributed by atoms with E-state index >= 15 is 0 Å². The zero-order valence-electron chi connectivity index (χ0n) is 13.2. The summed E-state index contributed by atoms with van der Waals surface area (Å²) in [6, 6.07) is 3.88. The van der Waals surface area contributed by atoms with Crippen molar-refractivity contribution in [2.75, 3.05) is 6.26 Å². The molecule has 0 fully saturated rings. The van der Waals surface area contributed by atoms with Gasteiger partial charge in [-0.15, -0.1) is 0 Å². The Kier molecular flexibility index (Phi) is 4.51. The first kappa shape index (κ1) is 18.7. The number of carboxylic acids is 1. The fraction of sp³-hybridized carbons (Fsp3) is 0.250. The molecule has 3 rings (SSSR count). The zero-order valence-corrected chi connectivity index (χ0v) is 15.6. The largest absolute Gasteiger partial charge is 0.481 e. The molecule has 1 atom stereocenters. The van der Waals surface area contributed by atoms with Gasteiger partial charge in [0.05, 0.1) is 11.1 Å². The fourth-order valence-corrected chi connectivity index (χ4v) is 4.27. The maximum Gasteiger partial charge on any atom is 0.317 e. The monoisotopic (exact) mass is 447 g/mol. The normalized spacial score (nSPS) is 18.4. The maximum absolute atomic E-state index is 14.4. The third-order valence-corrected chi connectivity index (χ3v) is 5.54. The molecular formula is C16H12BrF2NO5S. The minimum atomic E-state index is -3.91. The summed E-state index contributed by atoms with van der Waals surface area (Å²) in [7, 11) is -3.91. The SMILES string of the molecule is CS(=O)(=O)c1ccc(Oc2cncc(Br)c2)c2c1[C@@H](C(=O)O)C(F)(F)C2. The quantitative estimate of drug-likeness (QED) is 0.771. The molecule has 0 saturated heterocycles. The lowest BCUT2D eigenvalue weighted by molar-refractivity contribution is -0.147. The van der Waals surface area contributed by atoms with Crippen LogP contribution in [0.3, 0.4) is 0 Å². The van der Waals surface area contributed by atoms with Gasteiger partial charge in [0, 0.05) is 28.9 Å². The van der Waals surface area contributed by atoms with Gasteiger partial charge < -0.3 is 9.84 Å². The predicted octanol–water partition coefficient (Wildman–Crippen LogP) is 3.40. The second kappa shape index (κ2) is 6.27. The molecular weight excluding hydrogens is 436 g/mol. The van der Waals surface area contributed by atoms with Crippen molar-refractivity contribution >= 4 is 31.7 Å². The van der Waals surface area contributed by atoms with Crippen LogP contribution in [0.2, 0.25) is 0 Å². The van der Waals surface area contributed by atoms with E-state index in [0.717, 1.165) is 12.3 Å². The fourth-order valence-electron chi connectivity index (χ4n) is 2.97. The van der Waals surface area contributed by atoms with E-state index in [1.54, 1.807) is 6.07 Å². The van der Waals surface area contributed by atoms with E-state index in [-0.39, 0.29) is 17.1 Å². The van der Waals surface area contributed by atoms with Crippen LogP contribution < -0.4 is 4.74 Å². The van der Waals surface area contributed by atoms with Gasteiger partial charge in [0.15, 0.2) is 9.84 Å². The number of benzene rings is 1. The molecule has 26 heavy (non-hydrogen) atoms. The number of carboxylic acid groups (broad SMARTS) is 1. The summed E-state index contributed by atoms with van der Waals surface area (Å²) in [5.41, 5.74) is -0.559. The highest BCUT2D eigenvalue weighted by molar-refractivity contribution is 9.10. The maximum atomic E-state index is 14.4. The van der Waals surface area contributed by atoms with E-state index in [1.165, 1.54) is 18.5 Å². The van der Waals surface area contributed by atoms with Gasteiger partial charge in [-0.3, -0.25) is 9.78 Å². The highest BCUT2D eigenvalue weighted by Gasteiger charge is 2.54. The molecule has 0 unspecified atom stereocenters. The predicted molar refractivity (Wildman–Crippen MR) is 90.6 cm³/mol. The van der Waals surface area contributed by atoms with Gasteiger partial charge in [-0.05, 0) is 39.7 Å². The Morgan fingerprint density at radius 3 is 2.65 bits per heavy atom. The van der Waals surface area contributed by atoms with Crippen molar-refractivity contribution in [2.24, 2.45) is 0 Å². The van der Waals surface area contributed by atoms with Crippen molar-refractivity contribution in [3.8, 4) is 11.5 Å². The van der Waals surface area contributed by atoms with Crippen LogP contribution in [0, 0.1) is 0 Å². The number of aromatic nitrogens is 1. The third kappa shape index (κ3) is 3.30. The van der Waals surface area contributed by atoms with Gasteiger partial charge in [-0.2, -0.15) is 0 Å². The number of ether oxygens (including phenoxy) is 1. The lowest BCUT2D eigenvalue weighted by Gasteiger charge is -2.17. The van der Waals surface area contributed by atoms with Crippen molar-refractivity contribution in [3.05, 3.63) is 46.2 Å². The molecule has 1 aromatic heterocycles. The van der Waals surface area contributed by atoms with Crippen molar-refractivity contribution in [1.29, 1.82) is 0 Å². The Bertz CT molecular complexity index is 1010. The van der Waals surface area contributed by atoms with Crippen molar-refractivity contribution in [1.82, 2.24) is 4.98 Å². The van der Waals surface area contributed by atoms with Crippen LogP contribution in [0.4, 0.5) is 8.78 Å². The smallest absolute Gasteiger partial charge is 0.317 e.